The maximum atomic E-state index is 10.8. The molecule has 0 bridgehead atoms. The van der Waals surface area contributed by atoms with Gasteiger partial charge in [0.1, 0.15) is 0 Å². The van der Waals surface area contributed by atoms with Gasteiger partial charge in [-0.15, -0.1) is 0 Å². The lowest BCUT2D eigenvalue weighted by Crippen LogP contribution is -2.04. The van der Waals surface area contributed by atoms with Crippen molar-refractivity contribution in [2.45, 2.75) is 13.8 Å². The smallest absolute Gasteiger partial charge is 0.335 e. The second kappa shape index (κ2) is 3.77. The highest BCUT2D eigenvalue weighted by Crippen LogP contribution is 2.11. The van der Waals surface area contributed by atoms with E-state index in [1.54, 1.807) is 4.68 Å². The van der Waals surface area contributed by atoms with Gasteiger partial charge in [-0.3, -0.25) is 0 Å². The molecule has 0 saturated carbocycles. The van der Waals surface area contributed by atoms with Crippen LogP contribution in [0.2, 0.25) is 0 Å². The molecule has 2 rings (SSSR count). The van der Waals surface area contributed by atoms with Crippen LogP contribution in [0.4, 0.5) is 0 Å². The van der Waals surface area contributed by atoms with Crippen molar-refractivity contribution in [3.05, 3.63) is 41.3 Å². The predicted octanol–water partition coefficient (Wildman–Crippen LogP) is 1.58. The fraction of sp³-hybridized carbons (Fsp3) is 0.182. The zero-order valence-electron chi connectivity index (χ0n) is 9.01. The molecule has 16 heavy (non-hydrogen) atoms. The second-order valence-electron chi connectivity index (χ2n) is 3.55. The van der Waals surface area contributed by atoms with E-state index in [0.717, 1.165) is 11.4 Å². The highest BCUT2D eigenvalue weighted by Gasteiger charge is 2.08. The molecule has 0 aliphatic carbocycles. The lowest BCUT2D eigenvalue weighted by molar-refractivity contribution is 0.0696. The van der Waals surface area contributed by atoms with Gasteiger partial charge in [0, 0.05) is 11.9 Å². The van der Waals surface area contributed by atoms with Crippen LogP contribution in [-0.4, -0.2) is 25.8 Å². The quantitative estimate of drug-likeness (QED) is 0.829. The first-order valence-corrected chi connectivity index (χ1v) is 4.81. The molecule has 0 fully saturated rings. The van der Waals surface area contributed by atoms with Gasteiger partial charge in [0.15, 0.2) is 5.82 Å². The molecule has 2 aromatic rings. The number of aromatic carboxylic acids is 1. The fourth-order valence-corrected chi connectivity index (χ4v) is 1.53. The van der Waals surface area contributed by atoms with Crippen LogP contribution in [0.25, 0.3) is 5.82 Å². The van der Waals surface area contributed by atoms with Gasteiger partial charge in [-0.1, -0.05) is 0 Å². The molecule has 2 heterocycles. The highest BCUT2D eigenvalue weighted by molar-refractivity contribution is 5.87. The Balaban J connectivity index is 2.52. The number of pyridine rings is 1. The maximum Gasteiger partial charge on any atom is 0.335 e. The van der Waals surface area contributed by atoms with Crippen LogP contribution in [-0.2, 0) is 0 Å². The Morgan fingerprint density at radius 3 is 2.69 bits per heavy atom. The maximum absolute atomic E-state index is 10.8. The molecule has 5 nitrogen and oxygen atoms in total. The molecule has 0 saturated heterocycles. The highest BCUT2D eigenvalue weighted by atomic mass is 16.4. The Hall–Kier alpha value is -2.17. The van der Waals surface area contributed by atoms with Crippen LogP contribution in [0.5, 0.6) is 0 Å². The van der Waals surface area contributed by atoms with Crippen molar-refractivity contribution in [2.24, 2.45) is 0 Å². The van der Waals surface area contributed by atoms with Gasteiger partial charge in [0.2, 0.25) is 0 Å². The van der Waals surface area contributed by atoms with Gasteiger partial charge in [0.05, 0.1) is 11.3 Å². The first-order chi connectivity index (χ1) is 7.58. The predicted molar refractivity (Wildman–Crippen MR) is 57.8 cm³/mol. The van der Waals surface area contributed by atoms with Gasteiger partial charge in [-0.2, -0.15) is 5.10 Å². The number of aromatic nitrogens is 3. The van der Waals surface area contributed by atoms with Gasteiger partial charge >= 0.3 is 5.97 Å². The minimum absolute atomic E-state index is 0.206. The molecular weight excluding hydrogens is 206 g/mol. The van der Waals surface area contributed by atoms with E-state index in [4.69, 9.17) is 5.11 Å². The number of aryl methyl sites for hydroxylation is 2. The third-order valence-electron chi connectivity index (χ3n) is 2.22. The van der Waals surface area contributed by atoms with Crippen molar-refractivity contribution < 1.29 is 9.90 Å². The first-order valence-electron chi connectivity index (χ1n) is 4.81. The summed E-state index contributed by atoms with van der Waals surface area (Å²) in [7, 11) is 0. The number of carboxylic acids is 1. The molecule has 0 radical (unpaired) electrons. The second-order valence-corrected chi connectivity index (χ2v) is 3.55. The number of rotatable bonds is 2. The molecule has 0 aliphatic rings. The SMILES string of the molecule is Cc1cc(C)n(-c2cc(C(=O)O)ccn2)n1. The number of carboxylic acid groups (broad SMARTS) is 1. The number of carbonyl (C=O) groups is 1. The van der Waals surface area contributed by atoms with Crippen molar-refractivity contribution in [2.75, 3.05) is 0 Å². The van der Waals surface area contributed by atoms with Crippen molar-refractivity contribution >= 4 is 5.97 Å². The summed E-state index contributed by atoms with van der Waals surface area (Å²) < 4.78 is 1.63. The fourth-order valence-electron chi connectivity index (χ4n) is 1.53. The Labute approximate surface area is 92.4 Å². The Bertz CT molecular complexity index is 546. The summed E-state index contributed by atoms with van der Waals surface area (Å²) in [6.45, 7) is 3.78. The zero-order valence-corrected chi connectivity index (χ0v) is 9.01. The summed E-state index contributed by atoms with van der Waals surface area (Å²) in [6, 6.07) is 4.87. The molecule has 0 aliphatic heterocycles. The van der Waals surface area contributed by atoms with Crippen LogP contribution in [0.1, 0.15) is 21.7 Å². The Morgan fingerprint density at radius 1 is 1.38 bits per heavy atom. The zero-order chi connectivity index (χ0) is 11.7. The number of hydrogen-bond donors (Lipinski definition) is 1. The van der Waals surface area contributed by atoms with Gasteiger partial charge in [-0.05, 0) is 32.0 Å². The minimum atomic E-state index is -0.967. The van der Waals surface area contributed by atoms with Gasteiger partial charge in [0.25, 0.3) is 0 Å². The van der Waals surface area contributed by atoms with Crippen molar-refractivity contribution in [3.8, 4) is 5.82 Å². The molecule has 2 aromatic heterocycles. The van der Waals surface area contributed by atoms with Crippen molar-refractivity contribution in [1.29, 1.82) is 0 Å². The summed E-state index contributed by atoms with van der Waals surface area (Å²) in [6.07, 6.45) is 1.47. The molecule has 82 valence electrons. The van der Waals surface area contributed by atoms with E-state index in [0.29, 0.717) is 5.82 Å². The standard InChI is InChI=1S/C11H11N3O2/c1-7-5-8(2)14(13-7)10-6-9(11(15)16)3-4-12-10/h3-6H,1-2H3,(H,15,16). The van der Waals surface area contributed by atoms with E-state index in [1.807, 2.05) is 19.9 Å². The molecule has 0 atom stereocenters. The first kappa shape index (κ1) is 10.4. The lowest BCUT2D eigenvalue weighted by Gasteiger charge is -2.03. The molecule has 5 heteroatoms. The third kappa shape index (κ3) is 1.79. The van der Waals surface area contributed by atoms with Gasteiger partial charge < -0.3 is 5.11 Å². The average Bonchev–Trinajstić information content (AvgIpc) is 2.58. The normalized spacial score (nSPS) is 10.4. The van der Waals surface area contributed by atoms with E-state index >= 15 is 0 Å². The van der Waals surface area contributed by atoms with E-state index < -0.39 is 5.97 Å². The van der Waals surface area contributed by atoms with Crippen molar-refractivity contribution in [1.82, 2.24) is 14.8 Å². The van der Waals surface area contributed by atoms with Crippen LogP contribution in [0, 0.1) is 13.8 Å². The summed E-state index contributed by atoms with van der Waals surface area (Å²) in [5, 5.41) is 13.1. The monoisotopic (exact) mass is 217 g/mol. The molecular formula is C11H11N3O2. The molecule has 1 N–H and O–H groups in total. The molecule has 0 aromatic carbocycles. The van der Waals surface area contributed by atoms with Crippen LogP contribution in [0.15, 0.2) is 24.4 Å². The van der Waals surface area contributed by atoms with E-state index in [2.05, 4.69) is 10.1 Å². The summed E-state index contributed by atoms with van der Waals surface area (Å²) in [5.41, 5.74) is 2.00. The topological polar surface area (TPSA) is 68.0 Å². The molecule has 0 spiro atoms. The Morgan fingerprint density at radius 2 is 2.12 bits per heavy atom. The summed E-state index contributed by atoms with van der Waals surface area (Å²) in [5.74, 6) is -0.448. The van der Waals surface area contributed by atoms with Crippen LogP contribution in [0.3, 0.4) is 0 Å². The average molecular weight is 217 g/mol. The third-order valence-corrected chi connectivity index (χ3v) is 2.22. The number of hydrogen-bond acceptors (Lipinski definition) is 3. The Kier molecular flexibility index (Phi) is 2.44. The number of nitrogens with zero attached hydrogens (tertiary/aromatic N) is 3. The van der Waals surface area contributed by atoms with Crippen molar-refractivity contribution in [3.63, 3.8) is 0 Å². The minimum Gasteiger partial charge on any atom is -0.478 e. The summed E-state index contributed by atoms with van der Waals surface area (Å²) in [4.78, 5) is 14.9. The van der Waals surface area contributed by atoms with E-state index in [9.17, 15) is 4.79 Å². The van der Waals surface area contributed by atoms with E-state index in [1.165, 1.54) is 18.3 Å². The molecule has 0 unspecified atom stereocenters. The lowest BCUT2D eigenvalue weighted by atomic mass is 10.2. The largest absolute Gasteiger partial charge is 0.478 e. The van der Waals surface area contributed by atoms with Crippen LogP contribution >= 0.6 is 0 Å². The van der Waals surface area contributed by atoms with Gasteiger partial charge in [-0.25, -0.2) is 14.5 Å². The van der Waals surface area contributed by atoms with Crippen LogP contribution < -0.4 is 0 Å². The molecule has 0 amide bonds. The summed E-state index contributed by atoms with van der Waals surface area (Å²) >= 11 is 0. The van der Waals surface area contributed by atoms with E-state index in [-0.39, 0.29) is 5.56 Å².